The number of benzene rings is 1. The Morgan fingerprint density at radius 1 is 1.28 bits per heavy atom. The maximum absolute atomic E-state index is 13.9. The molecule has 1 aromatic carbocycles. The molecule has 100 valence electrons. The zero-order valence-electron chi connectivity index (χ0n) is 10.9. The Morgan fingerprint density at radius 2 is 2.00 bits per heavy atom. The molecular weight excluding hydrogens is 234 g/mol. The van der Waals surface area contributed by atoms with E-state index in [4.69, 9.17) is 0 Å². The van der Waals surface area contributed by atoms with Gasteiger partial charge in [-0.1, -0.05) is 12.5 Å². The number of rotatable bonds is 5. The van der Waals surface area contributed by atoms with Crippen LogP contribution >= 0.6 is 0 Å². The van der Waals surface area contributed by atoms with Crippen molar-refractivity contribution in [2.24, 2.45) is 5.41 Å². The van der Waals surface area contributed by atoms with Crippen LogP contribution in [-0.2, 0) is 0 Å². The summed E-state index contributed by atoms with van der Waals surface area (Å²) in [4.78, 5) is 0. The second kappa shape index (κ2) is 5.33. The second-order valence-electron chi connectivity index (χ2n) is 5.13. The highest BCUT2D eigenvalue weighted by Gasteiger charge is 2.44. The van der Waals surface area contributed by atoms with Crippen LogP contribution in [0.5, 0.6) is 0 Å². The van der Waals surface area contributed by atoms with Crippen LogP contribution in [0.4, 0.5) is 8.78 Å². The lowest BCUT2D eigenvalue weighted by molar-refractivity contribution is 0.0770. The van der Waals surface area contributed by atoms with Gasteiger partial charge in [0.15, 0.2) is 0 Å². The van der Waals surface area contributed by atoms with Crippen molar-refractivity contribution >= 4 is 0 Å². The van der Waals surface area contributed by atoms with E-state index in [0.29, 0.717) is 5.56 Å². The molecule has 0 heterocycles. The topological polar surface area (TPSA) is 24.1 Å². The molecule has 2 N–H and O–H groups in total. The molecule has 1 aromatic rings. The molecule has 0 saturated heterocycles. The minimum Gasteiger partial charge on any atom is -0.319 e. The zero-order valence-corrected chi connectivity index (χ0v) is 10.9. The summed E-state index contributed by atoms with van der Waals surface area (Å²) in [5, 5.41) is 6.39. The van der Waals surface area contributed by atoms with Gasteiger partial charge in [0, 0.05) is 29.6 Å². The van der Waals surface area contributed by atoms with Crippen LogP contribution in [0.2, 0.25) is 0 Å². The Morgan fingerprint density at radius 3 is 2.44 bits per heavy atom. The SMILES string of the molecule is CNCC1(C(NC)c2ccc(F)cc2F)CCC1. The van der Waals surface area contributed by atoms with Gasteiger partial charge in [0.2, 0.25) is 0 Å². The lowest BCUT2D eigenvalue weighted by atomic mass is 9.62. The van der Waals surface area contributed by atoms with Crippen molar-refractivity contribution in [3.05, 3.63) is 35.4 Å². The van der Waals surface area contributed by atoms with Crippen LogP contribution in [0, 0.1) is 17.0 Å². The average Bonchev–Trinajstić information content (AvgIpc) is 2.29. The summed E-state index contributed by atoms with van der Waals surface area (Å²) in [5.41, 5.74) is 0.608. The van der Waals surface area contributed by atoms with Crippen molar-refractivity contribution in [1.29, 1.82) is 0 Å². The first kappa shape index (κ1) is 13.4. The molecule has 1 aliphatic carbocycles. The van der Waals surface area contributed by atoms with Gasteiger partial charge >= 0.3 is 0 Å². The average molecular weight is 254 g/mol. The summed E-state index contributed by atoms with van der Waals surface area (Å²) in [6, 6.07) is 3.78. The minimum absolute atomic E-state index is 0.0438. The number of hydrogen-bond donors (Lipinski definition) is 2. The Hall–Kier alpha value is -1.00. The standard InChI is InChI=1S/C14H20F2N2/c1-17-9-14(6-3-7-14)13(18-2)11-5-4-10(15)8-12(11)16/h4-5,8,13,17-18H,3,6-7,9H2,1-2H3. The van der Waals surface area contributed by atoms with Crippen molar-refractivity contribution in [2.75, 3.05) is 20.6 Å². The van der Waals surface area contributed by atoms with E-state index in [-0.39, 0.29) is 11.5 Å². The Labute approximate surface area is 107 Å². The highest BCUT2D eigenvalue weighted by atomic mass is 19.1. The molecule has 2 rings (SSSR count). The molecule has 0 amide bonds. The lowest BCUT2D eigenvalue weighted by Crippen LogP contribution is -2.48. The molecule has 0 aliphatic heterocycles. The van der Waals surface area contributed by atoms with Gasteiger partial charge < -0.3 is 10.6 Å². The van der Waals surface area contributed by atoms with Crippen molar-refractivity contribution in [3.8, 4) is 0 Å². The Bertz CT molecular complexity index is 416. The van der Waals surface area contributed by atoms with E-state index in [1.165, 1.54) is 12.5 Å². The van der Waals surface area contributed by atoms with E-state index in [1.807, 2.05) is 14.1 Å². The monoisotopic (exact) mass is 254 g/mol. The predicted octanol–water partition coefficient (Wildman–Crippen LogP) is 2.62. The number of nitrogens with one attached hydrogen (secondary N) is 2. The third-order valence-corrected chi connectivity index (χ3v) is 4.05. The molecule has 1 fully saturated rings. The maximum atomic E-state index is 13.9. The summed E-state index contributed by atoms with van der Waals surface area (Å²) in [6.45, 7) is 0.843. The Kier molecular flexibility index (Phi) is 3.97. The number of halogens is 2. The van der Waals surface area contributed by atoms with Crippen molar-refractivity contribution in [1.82, 2.24) is 10.6 Å². The molecular formula is C14H20F2N2. The fourth-order valence-corrected chi connectivity index (χ4v) is 3.08. The summed E-state index contributed by atoms with van der Waals surface area (Å²) in [5.74, 6) is -0.987. The molecule has 0 radical (unpaired) electrons. The van der Waals surface area contributed by atoms with Gasteiger partial charge in [0.05, 0.1) is 0 Å². The van der Waals surface area contributed by atoms with Gasteiger partial charge in [-0.05, 0) is 33.0 Å². The molecule has 0 aromatic heterocycles. The van der Waals surface area contributed by atoms with E-state index in [2.05, 4.69) is 10.6 Å². The lowest BCUT2D eigenvalue weighted by Gasteiger charge is -2.48. The molecule has 0 spiro atoms. The number of hydrogen-bond acceptors (Lipinski definition) is 2. The third-order valence-electron chi connectivity index (χ3n) is 4.05. The summed E-state index contributed by atoms with van der Waals surface area (Å²) >= 11 is 0. The summed E-state index contributed by atoms with van der Waals surface area (Å²) in [6.07, 6.45) is 3.30. The zero-order chi connectivity index (χ0) is 13.2. The molecule has 4 heteroatoms. The molecule has 0 bridgehead atoms. The van der Waals surface area contributed by atoms with Crippen LogP contribution in [0.1, 0.15) is 30.9 Å². The first-order valence-electron chi connectivity index (χ1n) is 6.40. The van der Waals surface area contributed by atoms with Gasteiger partial charge in [0.25, 0.3) is 0 Å². The largest absolute Gasteiger partial charge is 0.319 e. The fourth-order valence-electron chi connectivity index (χ4n) is 3.08. The smallest absolute Gasteiger partial charge is 0.130 e. The molecule has 18 heavy (non-hydrogen) atoms. The summed E-state index contributed by atoms with van der Waals surface area (Å²) in [7, 11) is 3.75. The quantitative estimate of drug-likeness (QED) is 0.844. The highest BCUT2D eigenvalue weighted by Crippen LogP contribution is 2.50. The van der Waals surface area contributed by atoms with E-state index in [9.17, 15) is 8.78 Å². The van der Waals surface area contributed by atoms with Crippen LogP contribution in [0.15, 0.2) is 18.2 Å². The van der Waals surface area contributed by atoms with Gasteiger partial charge in [-0.3, -0.25) is 0 Å². The van der Waals surface area contributed by atoms with Crippen LogP contribution in [0.3, 0.4) is 0 Å². The molecule has 1 atom stereocenters. The third kappa shape index (κ3) is 2.27. The molecule has 2 nitrogen and oxygen atoms in total. The van der Waals surface area contributed by atoms with Gasteiger partial charge in [-0.25, -0.2) is 8.78 Å². The van der Waals surface area contributed by atoms with Gasteiger partial charge in [0.1, 0.15) is 11.6 Å². The van der Waals surface area contributed by atoms with Crippen LogP contribution in [0.25, 0.3) is 0 Å². The maximum Gasteiger partial charge on any atom is 0.130 e. The first-order chi connectivity index (χ1) is 8.63. The van der Waals surface area contributed by atoms with E-state index in [1.54, 1.807) is 6.07 Å². The van der Waals surface area contributed by atoms with Gasteiger partial charge in [-0.2, -0.15) is 0 Å². The van der Waals surface area contributed by atoms with Crippen LogP contribution < -0.4 is 10.6 Å². The molecule has 1 aliphatic rings. The van der Waals surface area contributed by atoms with E-state index >= 15 is 0 Å². The van der Waals surface area contributed by atoms with Crippen molar-refractivity contribution < 1.29 is 8.78 Å². The van der Waals surface area contributed by atoms with E-state index < -0.39 is 11.6 Å². The van der Waals surface area contributed by atoms with Crippen molar-refractivity contribution in [3.63, 3.8) is 0 Å². The molecule has 1 saturated carbocycles. The van der Waals surface area contributed by atoms with Crippen molar-refractivity contribution in [2.45, 2.75) is 25.3 Å². The second-order valence-corrected chi connectivity index (χ2v) is 5.13. The predicted molar refractivity (Wildman–Crippen MR) is 68.4 cm³/mol. The fraction of sp³-hybridized carbons (Fsp3) is 0.571. The molecule has 1 unspecified atom stereocenters. The first-order valence-corrected chi connectivity index (χ1v) is 6.40. The highest BCUT2D eigenvalue weighted by molar-refractivity contribution is 5.25. The van der Waals surface area contributed by atoms with E-state index in [0.717, 1.165) is 25.5 Å². The Balaban J connectivity index is 2.32. The minimum atomic E-state index is -0.526. The van der Waals surface area contributed by atoms with Crippen LogP contribution in [-0.4, -0.2) is 20.6 Å². The van der Waals surface area contributed by atoms with Gasteiger partial charge in [-0.15, -0.1) is 0 Å². The summed E-state index contributed by atoms with van der Waals surface area (Å²) < 4.78 is 26.9. The normalized spacial score (nSPS) is 19.3.